The van der Waals surface area contributed by atoms with E-state index in [9.17, 15) is 9.59 Å². The van der Waals surface area contributed by atoms with Crippen molar-refractivity contribution in [1.29, 1.82) is 0 Å². The van der Waals surface area contributed by atoms with Crippen molar-refractivity contribution in [3.63, 3.8) is 0 Å². The second kappa shape index (κ2) is 7.08. The van der Waals surface area contributed by atoms with Crippen molar-refractivity contribution >= 4 is 5.91 Å². The smallest absolute Gasteiger partial charge is 0.349 e. The Morgan fingerprint density at radius 3 is 2.33 bits per heavy atom. The molecule has 0 aromatic carbocycles. The van der Waals surface area contributed by atoms with Crippen LogP contribution >= 0.6 is 0 Å². The van der Waals surface area contributed by atoms with E-state index in [2.05, 4.69) is 39.6 Å². The third-order valence-corrected chi connectivity index (χ3v) is 6.18. The Labute approximate surface area is 162 Å². The summed E-state index contributed by atoms with van der Waals surface area (Å²) >= 11 is 0. The number of amides is 1. The molecule has 2 saturated heterocycles. The van der Waals surface area contributed by atoms with E-state index in [1.165, 1.54) is 0 Å². The second-order valence-electron chi connectivity index (χ2n) is 9.82. The van der Waals surface area contributed by atoms with Crippen LogP contribution in [0.25, 0.3) is 0 Å². The molecule has 1 amide bonds. The Bertz CT molecular complexity index is 766. The molecule has 0 aliphatic carbocycles. The number of aryl methyl sites for hydroxylation is 1. The molecule has 2 fully saturated rings. The van der Waals surface area contributed by atoms with E-state index in [1.54, 1.807) is 0 Å². The van der Waals surface area contributed by atoms with E-state index in [4.69, 9.17) is 4.42 Å². The minimum absolute atomic E-state index is 0.0688. The quantitative estimate of drug-likeness (QED) is 0.807. The van der Waals surface area contributed by atoms with E-state index < -0.39 is 5.63 Å². The van der Waals surface area contributed by atoms with Gasteiger partial charge in [-0.1, -0.05) is 34.1 Å². The van der Waals surface area contributed by atoms with Crippen LogP contribution in [0.3, 0.4) is 0 Å². The zero-order chi connectivity index (χ0) is 20.0. The van der Waals surface area contributed by atoms with Crippen molar-refractivity contribution in [3.05, 3.63) is 33.4 Å². The molecule has 2 aliphatic rings. The van der Waals surface area contributed by atoms with Gasteiger partial charge in [0.2, 0.25) is 0 Å². The lowest BCUT2D eigenvalue weighted by Crippen LogP contribution is -2.62. The first-order valence-electron chi connectivity index (χ1n) is 10.2. The van der Waals surface area contributed by atoms with Crippen LogP contribution in [0.5, 0.6) is 0 Å². The molecule has 1 aromatic rings. The van der Waals surface area contributed by atoms with Gasteiger partial charge < -0.3 is 14.2 Å². The first kappa shape index (κ1) is 20.1. The van der Waals surface area contributed by atoms with Crippen LogP contribution in [0.2, 0.25) is 0 Å². The third kappa shape index (κ3) is 3.98. The standard InChI is InChI=1S/C22H34N2O3/c1-7-8-15(2)17-9-16(3)18(20(26)27-17)19(25)24-13-21(4)10-22(5,14-24)12-23(6)11-21/h9,15H,7-8,10-14H2,1-6H3. The molecule has 0 radical (unpaired) electrons. The minimum Gasteiger partial charge on any atom is -0.427 e. The first-order valence-corrected chi connectivity index (χ1v) is 10.2. The summed E-state index contributed by atoms with van der Waals surface area (Å²) in [4.78, 5) is 30.3. The number of rotatable bonds is 4. The normalized spacial score (nSPS) is 29.6. The van der Waals surface area contributed by atoms with Gasteiger partial charge in [0.1, 0.15) is 11.3 Å². The van der Waals surface area contributed by atoms with Crippen LogP contribution in [0.1, 0.15) is 74.6 Å². The minimum atomic E-state index is -0.485. The lowest BCUT2D eigenvalue weighted by Gasteiger charge is -2.56. The molecule has 5 nitrogen and oxygen atoms in total. The van der Waals surface area contributed by atoms with Gasteiger partial charge in [-0.2, -0.15) is 0 Å². The summed E-state index contributed by atoms with van der Waals surface area (Å²) in [7, 11) is 2.15. The van der Waals surface area contributed by atoms with Gasteiger partial charge in [0.05, 0.1) is 0 Å². The molecular weight excluding hydrogens is 340 g/mol. The number of piperidine rings is 2. The average Bonchev–Trinajstić information content (AvgIpc) is 2.51. The largest absolute Gasteiger partial charge is 0.427 e. The summed E-state index contributed by atoms with van der Waals surface area (Å²) in [5, 5.41) is 0. The summed E-state index contributed by atoms with van der Waals surface area (Å²) in [5.41, 5.74) is 0.597. The first-order chi connectivity index (χ1) is 12.6. The fourth-order valence-electron chi connectivity index (χ4n) is 5.70. The van der Waals surface area contributed by atoms with Crippen LogP contribution in [-0.4, -0.2) is 48.9 Å². The summed E-state index contributed by atoms with van der Waals surface area (Å²) < 4.78 is 5.57. The monoisotopic (exact) mass is 374 g/mol. The summed E-state index contributed by atoms with van der Waals surface area (Å²) in [6.07, 6.45) is 3.12. The zero-order valence-corrected chi connectivity index (χ0v) is 17.7. The molecular formula is C22H34N2O3. The molecule has 0 N–H and O–H groups in total. The van der Waals surface area contributed by atoms with Crippen molar-refractivity contribution < 1.29 is 9.21 Å². The highest BCUT2D eigenvalue weighted by Crippen LogP contribution is 2.45. The van der Waals surface area contributed by atoms with Crippen LogP contribution in [0.15, 0.2) is 15.3 Å². The lowest BCUT2D eigenvalue weighted by molar-refractivity contribution is -0.0555. The number of carbonyl (C=O) groups excluding carboxylic acids is 1. The Balaban J connectivity index is 1.89. The van der Waals surface area contributed by atoms with Gasteiger partial charge in [0.15, 0.2) is 0 Å². The van der Waals surface area contributed by atoms with Crippen LogP contribution in [-0.2, 0) is 0 Å². The molecule has 150 valence electrons. The maximum absolute atomic E-state index is 13.3. The van der Waals surface area contributed by atoms with Gasteiger partial charge >= 0.3 is 5.63 Å². The summed E-state index contributed by atoms with van der Waals surface area (Å²) in [5.74, 6) is 0.706. The number of carbonyl (C=O) groups is 1. The molecule has 2 aliphatic heterocycles. The topological polar surface area (TPSA) is 53.8 Å². The SMILES string of the molecule is CCCC(C)c1cc(C)c(C(=O)N2CC3(C)CN(C)CC(C)(C2)C3)c(=O)o1. The van der Waals surface area contributed by atoms with E-state index in [0.717, 1.165) is 37.9 Å². The van der Waals surface area contributed by atoms with Crippen LogP contribution in [0.4, 0.5) is 0 Å². The molecule has 3 heterocycles. The average molecular weight is 375 g/mol. The fourth-order valence-corrected chi connectivity index (χ4v) is 5.70. The van der Waals surface area contributed by atoms with E-state index in [1.807, 2.05) is 17.9 Å². The molecule has 1 aromatic heterocycles. The van der Waals surface area contributed by atoms with Crippen molar-refractivity contribution in [1.82, 2.24) is 9.80 Å². The van der Waals surface area contributed by atoms with Crippen molar-refractivity contribution in [2.75, 3.05) is 33.2 Å². The van der Waals surface area contributed by atoms with Gasteiger partial charge in [-0.05, 0) is 49.3 Å². The van der Waals surface area contributed by atoms with Crippen molar-refractivity contribution in [2.24, 2.45) is 10.8 Å². The number of hydrogen-bond acceptors (Lipinski definition) is 4. The van der Waals surface area contributed by atoms with E-state index in [0.29, 0.717) is 18.8 Å². The molecule has 3 rings (SSSR count). The Morgan fingerprint density at radius 1 is 1.22 bits per heavy atom. The highest BCUT2D eigenvalue weighted by molar-refractivity contribution is 5.95. The van der Waals surface area contributed by atoms with Crippen molar-refractivity contribution in [2.45, 2.75) is 59.8 Å². The Kier molecular flexibility index (Phi) is 5.28. The predicted octanol–water partition coefficient (Wildman–Crippen LogP) is 3.66. The van der Waals surface area contributed by atoms with E-state index in [-0.39, 0.29) is 28.2 Å². The lowest BCUT2D eigenvalue weighted by atomic mass is 9.65. The molecule has 27 heavy (non-hydrogen) atoms. The van der Waals surface area contributed by atoms with Gasteiger partial charge in [0, 0.05) is 32.1 Å². The molecule has 0 spiro atoms. The number of nitrogens with zero attached hydrogens (tertiary/aromatic N) is 2. The Morgan fingerprint density at radius 2 is 1.81 bits per heavy atom. The van der Waals surface area contributed by atoms with Gasteiger partial charge in [0.25, 0.3) is 5.91 Å². The van der Waals surface area contributed by atoms with Gasteiger partial charge in [-0.15, -0.1) is 0 Å². The molecule has 3 unspecified atom stereocenters. The maximum atomic E-state index is 13.3. The molecule has 0 saturated carbocycles. The van der Waals surface area contributed by atoms with Gasteiger partial charge in [-0.25, -0.2) is 4.79 Å². The number of fused-ring (bicyclic) bond motifs is 2. The summed E-state index contributed by atoms with van der Waals surface area (Å²) in [6.45, 7) is 13.9. The molecule has 5 heteroatoms. The van der Waals surface area contributed by atoms with Gasteiger partial charge in [-0.3, -0.25) is 4.79 Å². The van der Waals surface area contributed by atoms with E-state index >= 15 is 0 Å². The maximum Gasteiger partial charge on any atom is 0.349 e. The third-order valence-electron chi connectivity index (χ3n) is 6.18. The Hall–Kier alpha value is -1.62. The van der Waals surface area contributed by atoms with Crippen LogP contribution < -0.4 is 5.63 Å². The van der Waals surface area contributed by atoms with Crippen LogP contribution in [0, 0.1) is 17.8 Å². The highest BCUT2D eigenvalue weighted by Gasteiger charge is 2.49. The van der Waals surface area contributed by atoms with Crippen molar-refractivity contribution in [3.8, 4) is 0 Å². The second-order valence-corrected chi connectivity index (χ2v) is 9.82. The highest BCUT2D eigenvalue weighted by atomic mass is 16.4. The fraction of sp³-hybridized carbons (Fsp3) is 0.727. The number of likely N-dealkylation sites (tertiary alicyclic amines) is 2. The zero-order valence-electron chi connectivity index (χ0n) is 17.7. The summed E-state index contributed by atoms with van der Waals surface area (Å²) in [6, 6.07) is 1.89. The predicted molar refractivity (Wildman–Crippen MR) is 107 cm³/mol. The molecule has 3 atom stereocenters. The molecule has 2 bridgehead atoms. The number of hydrogen-bond donors (Lipinski definition) is 0.